The van der Waals surface area contributed by atoms with Crippen LogP contribution in [0.25, 0.3) is 28.1 Å². The summed E-state index contributed by atoms with van der Waals surface area (Å²) in [6.07, 6.45) is 3.40. The number of rotatable bonds is 3. The molecule has 4 aromatic rings. The lowest BCUT2D eigenvalue weighted by Gasteiger charge is -2.26. The Morgan fingerprint density at radius 3 is 2.72 bits per heavy atom. The predicted molar refractivity (Wildman–Crippen MR) is 123 cm³/mol. The number of furan rings is 1. The van der Waals surface area contributed by atoms with E-state index < -0.39 is 0 Å². The van der Waals surface area contributed by atoms with Gasteiger partial charge >= 0.3 is 0 Å². The van der Waals surface area contributed by atoms with Crippen molar-refractivity contribution in [1.29, 1.82) is 0 Å². The van der Waals surface area contributed by atoms with E-state index in [2.05, 4.69) is 24.3 Å². The number of carbonyl (C=O) groups is 1. The molecular weight excluding hydrogens is 422 g/mol. The lowest BCUT2D eigenvalue weighted by atomic mass is 10.0. The van der Waals surface area contributed by atoms with E-state index in [0.29, 0.717) is 32.0 Å². The number of hydrogen-bond acceptors (Lipinski definition) is 5. The SMILES string of the molecule is O=C(c1nn(-c2cccc(-c3ccoc3)c2)c2c1CSc1ccccc1-2)N1CCOCC1. The average molecular weight is 444 g/mol. The lowest BCUT2D eigenvalue weighted by molar-refractivity contribution is 0.0298. The number of morpholine rings is 1. The fourth-order valence-electron chi connectivity index (χ4n) is 4.32. The van der Waals surface area contributed by atoms with Gasteiger partial charge in [-0.1, -0.05) is 30.3 Å². The summed E-state index contributed by atoms with van der Waals surface area (Å²) >= 11 is 1.76. The number of carbonyl (C=O) groups excluding carboxylic acids is 1. The molecule has 0 unspecified atom stereocenters. The van der Waals surface area contributed by atoms with Gasteiger partial charge < -0.3 is 14.1 Å². The van der Waals surface area contributed by atoms with Gasteiger partial charge in [0.05, 0.1) is 37.1 Å². The third kappa shape index (κ3) is 3.25. The summed E-state index contributed by atoms with van der Waals surface area (Å²) in [5.74, 6) is 0.702. The molecular formula is C25H21N3O3S. The molecule has 0 bridgehead atoms. The van der Waals surface area contributed by atoms with Gasteiger partial charge in [0.1, 0.15) is 0 Å². The molecule has 2 aliphatic rings. The average Bonchev–Trinajstić information content (AvgIpc) is 3.53. The highest BCUT2D eigenvalue weighted by molar-refractivity contribution is 7.98. The largest absolute Gasteiger partial charge is 0.472 e. The van der Waals surface area contributed by atoms with Crippen molar-refractivity contribution in [2.45, 2.75) is 10.6 Å². The number of fused-ring (bicyclic) bond motifs is 3. The highest BCUT2D eigenvalue weighted by Crippen LogP contribution is 2.44. The van der Waals surface area contributed by atoms with Gasteiger partial charge in [-0.15, -0.1) is 11.8 Å². The molecule has 6 nitrogen and oxygen atoms in total. The number of hydrogen-bond donors (Lipinski definition) is 0. The molecule has 1 saturated heterocycles. The highest BCUT2D eigenvalue weighted by Gasteiger charge is 2.31. The standard InChI is InChI=1S/C25H21N3O3S/c29-25(27-9-12-30-13-10-27)23-21-16-32-22-7-2-1-6-20(22)24(21)28(26-23)19-5-3-4-17(14-19)18-8-11-31-15-18/h1-8,11,14-15H,9-10,12-13,16H2. The first-order valence-corrected chi connectivity index (χ1v) is 11.6. The van der Waals surface area contributed by atoms with Crippen molar-refractivity contribution in [3.8, 4) is 28.1 Å². The van der Waals surface area contributed by atoms with Crippen LogP contribution in [0.15, 0.2) is 76.4 Å². The van der Waals surface area contributed by atoms with Crippen molar-refractivity contribution >= 4 is 17.7 Å². The molecule has 0 spiro atoms. The molecule has 160 valence electrons. The van der Waals surface area contributed by atoms with Gasteiger partial charge in [0.25, 0.3) is 5.91 Å². The quantitative estimate of drug-likeness (QED) is 0.452. The Morgan fingerprint density at radius 2 is 1.88 bits per heavy atom. The lowest BCUT2D eigenvalue weighted by Crippen LogP contribution is -2.41. The summed E-state index contributed by atoms with van der Waals surface area (Å²) in [5.41, 5.74) is 6.62. The minimum atomic E-state index is -0.0192. The molecule has 4 heterocycles. The Balaban J connectivity index is 1.52. The monoisotopic (exact) mass is 443 g/mol. The van der Waals surface area contributed by atoms with E-state index >= 15 is 0 Å². The number of benzene rings is 2. The summed E-state index contributed by atoms with van der Waals surface area (Å²) < 4.78 is 12.6. The van der Waals surface area contributed by atoms with E-state index in [-0.39, 0.29) is 5.91 Å². The van der Waals surface area contributed by atoms with Gasteiger partial charge in [0.15, 0.2) is 5.69 Å². The Hall–Kier alpha value is -3.29. The van der Waals surface area contributed by atoms with Crippen LogP contribution in [0.1, 0.15) is 16.1 Å². The summed E-state index contributed by atoms with van der Waals surface area (Å²) in [5, 5.41) is 4.91. The number of amides is 1. The Bertz CT molecular complexity index is 1290. The van der Waals surface area contributed by atoms with Crippen molar-refractivity contribution in [1.82, 2.24) is 14.7 Å². The molecule has 0 radical (unpaired) electrons. The highest BCUT2D eigenvalue weighted by atomic mass is 32.2. The van der Waals surface area contributed by atoms with Crippen LogP contribution in [-0.4, -0.2) is 46.9 Å². The van der Waals surface area contributed by atoms with Gasteiger partial charge in [0, 0.05) is 40.4 Å². The molecule has 2 aromatic heterocycles. The minimum absolute atomic E-state index is 0.0192. The van der Waals surface area contributed by atoms with Gasteiger partial charge in [0.2, 0.25) is 0 Å². The Labute approximate surface area is 189 Å². The summed E-state index contributed by atoms with van der Waals surface area (Å²) in [6, 6.07) is 18.5. The van der Waals surface area contributed by atoms with E-state index in [9.17, 15) is 4.79 Å². The summed E-state index contributed by atoms with van der Waals surface area (Å²) in [6.45, 7) is 2.33. The van der Waals surface area contributed by atoms with Crippen LogP contribution in [0.2, 0.25) is 0 Å². The van der Waals surface area contributed by atoms with Gasteiger partial charge in [-0.25, -0.2) is 4.68 Å². The van der Waals surface area contributed by atoms with E-state index in [1.807, 2.05) is 39.9 Å². The number of nitrogens with zero attached hydrogens (tertiary/aromatic N) is 3. The predicted octanol–water partition coefficient (Wildman–Crippen LogP) is 4.88. The summed E-state index contributed by atoms with van der Waals surface area (Å²) in [7, 11) is 0. The first-order chi connectivity index (χ1) is 15.8. The third-order valence-corrected chi connectivity index (χ3v) is 7.04. The maximum Gasteiger partial charge on any atom is 0.274 e. The smallest absolute Gasteiger partial charge is 0.274 e. The molecule has 0 saturated carbocycles. The zero-order valence-corrected chi connectivity index (χ0v) is 18.2. The minimum Gasteiger partial charge on any atom is -0.472 e. The van der Waals surface area contributed by atoms with E-state index in [1.165, 1.54) is 4.90 Å². The van der Waals surface area contributed by atoms with Crippen LogP contribution in [0.4, 0.5) is 0 Å². The first-order valence-electron chi connectivity index (χ1n) is 10.6. The topological polar surface area (TPSA) is 60.5 Å². The number of ether oxygens (including phenoxy) is 1. The van der Waals surface area contributed by atoms with Crippen LogP contribution in [0.5, 0.6) is 0 Å². The maximum absolute atomic E-state index is 13.5. The van der Waals surface area contributed by atoms with Crippen molar-refractivity contribution in [2.24, 2.45) is 0 Å². The van der Waals surface area contributed by atoms with E-state index in [0.717, 1.165) is 39.4 Å². The van der Waals surface area contributed by atoms with Crippen LogP contribution < -0.4 is 0 Å². The molecule has 0 N–H and O–H groups in total. The second-order valence-corrected chi connectivity index (χ2v) is 8.86. The maximum atomic E-state index is 13.5. The van der Waals surface area contributed by atoms with Crippen molar-refractivity contribution in [3.05, 3.63) is 78.4 Å². The number of thioether (sulfide) groups is 1. The molecule has 32 heavy (non-hydrogen) atoms. The molecule has 6 rings (SSSR count). The molecule has 0 aliphatic carbocycles. The van der Waals surface area contributed by atoms with E-state index in [4.69, 9.17) is 14.3 Å². The Morgan fingerprint density at radius 1 is 1.00 bits per heavy atom. The van der Waals surface area contributed by atoms with Crippen molar-refractivity contribution in [3.63, 3.8) is 0 Å². The summed E-state index contributed by atoms with van der Waals surface area (Å²) in [4.78, 5) is 16.5. The molecule has 2 aliphatic heterocycles. The second kappa shape index (κ2) is 8.00. The molecule has 0 atom stereocenters. The fraction of sp³-hybridized carbons (Fsp3) is 0.200. The van der Waals surface area contributed by atoms with Crippen LogP contribution >= 0.6 is 11.8 Å². The van der Waals surface area contributed by atoms with Gasteiger partial charge in [-0.05, 0) is 29.8 Å². The molecule has 2 aromatic carbocycles. The van der Waals surface area contributed by atoms with Crippen LogP contribution in [-0.2, 0) is 10.5 Å². The van der Waals surface area contributed by atoms with E-state index in [1.54, 1.807) is 24.3 Å². The normalized spacial score (nSPS) is 15.3. The van der Waals surface area contributed by atoms with Crippen molar-refractivity contribution < 1.29 is 13.9 Å². The number of aromatic nitrogens is 2. The molecule has 7 heteroatoms. The molecule has 1 fully saturated rings. The first kappa shape index (κ1) is 19.4. The zero-order valence-electron chi connectivity index (χ0n) is 17.4. The third-order valence-electron chi connectivity index (χ3n) is 5.94. The zero-order chi connectivity index (χ0) is 21.5. The van der Waals surface area contributed by atoms with Crippen molar-refractivity contribution in [2.75, 3.05) is 26.3 Å². The van der Waals surface area contributed by atoms with Crippen LogP contribution in [0.3, 0.4) is 0 Å². The van der Waals surface area contributed by atoms with Crippen LogP contribution in [0, 0.1) is 0 Å². The second-order valence-electron chi connectivity index (χ2n) is 7.84. The van der Waals surface area contributed by atoms with Gasteiger partial charge in [-0.2, -0.15) is 5.10 Å². The Kier molecular flexibility index (Phi) is 4.85. The fourth-order valence-corrected chi connectivity index (χ4v) is 5.39. The molecule has 1 amide bonds. The van der Waals surface area contributed by atoms with Gasteiger partial charge in [-0.3, -0.25) is 4.79 Å².